The van der Waals surface area contributed by atoms with Crippen molar-refractivity contribution in [3.8, 4) is 0 Å². The van der Waals surface area contributed by atoms with Crippen molar-refractivity contribution in [1.29, 1.82) is 0 Å². The van der Waals surface area contributed by atoms with Gasteiger partial charge in [-0.05, 0) is 17.7 Å². The molecule has 190 valence electrons. The number of aliphatic hydroxyl groups excluding tert-OH is 1. The number of alkyl halides is 13. The predicted octanol–water partition coefficient (Wildman–Crippen LogP) is 5.88. The molecule has 0 aliphatic carbocycles. The quantitative estimate of drug-likeness (QED) is 0.350. The Bertz CT molecular complexity index is 847. The van der Waals surface area contributed by atoms with E-state index in [9.17, 15) is 67.0 Å². The summed E-state index contributed by atoms with van der Waals surface area (Å²) in [6.07, 6.45) is -10.4. The largest absolute Gasteiger partial charge is 0.465 e. The first-order valence-corrected chi connectivity index (χ1v) is 8.34. The van der Waals surface area contributed by atoms with Crippen LogP contribution in [0, 0.1) is 5.92 Å². The molecule has 33 heavy (non-hydrogen) atoms. The van der Waals surface area contributed by atoms with Gasteiger partial charge in [-0.2, -0.15) is 57.1 Å². The van der Waals surface area contributed by atoms with Crippen LogP contribution in [0.25, 0.3) is 0 Å². The minimum atomic E-state index is -8.02. The lowest BCUT2D eigenvalue weighted by atomic mass is 9.83. The molecule has 0 spiro atoms. The summed E-state index contributed by atoms with van der Waals surface area (Å²) in [4.78, 5) is 11.3. The number of rotatable bonds is 8. The molecule has 0 aromatic heterocycles. The van der Waals surface area contributed by atoms with Gasteiger partial charge >= 0.3 is 41.8 Å². The van der Waals surface area contributed by atoms with Crippen LogP contribution in [0.1, 0.15) is 28.9 Å². The van der Waals surface area contributed by atoms with E-state index in [1.807, 2.05) is 0 Å². The molecule has 1 aromatic carbocycles. The Morgan fingerprint density at radius 1 is 0.758 bits per heavy atom. The minimum Gasteiger partial charge on any atom is -0.465 e. The number of methoxy groups -OCH3 is 1. The van der Waals surface area contributed by atoms with Crippen molar-refractivity contribution in [2.45, 2.75) is 48.8 Å². The zero-order valence-corrected chi connectivity index (χ0v) is 16.1. The summed E-state index contributed by atoms with van der Waals surface area (Å²) in [6, 6.07) is 2.93. The van der Waals surface area contributed by atoms with Crippen molar-refractivity contribution in [3.05, 3.63) is 35.4 Å². The molecule has 0 saturated heterocycles. The molecule has 1 N–H and O–H groups in total. The van der Waals surface area contributed by atoms with Gasteiger partial charge in [0, 0.05) is 0 Å². The van der Waals surface area contributed by atoms with Gasteiger partial charge in [0.15, 0.2) is 0 Å². The topological polar surface area (TPSA) is 46.5 Å². The van der Waals surface area contributed by atoms with Crippen LogP contribution in [0.3, 0.4) is 0 Å². The second-order valence-corrected chi connectivity index (χ2v) is 6.77. The van der Waals surface area contributed by atoms with Gasteiger partial charge in [0.25, 0.3) is 0 Å². The summed E-state index contributed by atoms with van der Waals surface area (Å²) in [7, 11) is 0.939. The van der Waals surface area contributed by atoms with Crippen molar-refractivity contribution < 1.29 is 71.7 Å². The first-order valence-electron chi connectivity index (χ1n) is 8.34. The van der Waals surface area contributed by atoms with E-state index < -0.39 is 59.3 Å². The highest BCUT2D eigenvalue weighted by Gasteiger charge is 2.91. The van der Waals surface area contributed by atoms with Gasteiger partial charge in [0.1, 0.15) is 0 Å². The van der Waals surface area contributed by atoms with E-state index in [4.69, 9.17) is 0 Å². The molecule has 1 rings (SSSR count). The molecule has 0 aliphatic heterocycles. The number of hydrogen-bond donors (Lipinski definition) is 1. The summed E-state index contributed by atoms with van der Waals surface area (Å²) in [5.41, 5.74) is -1.000. The average molecular weight is 512 g/mol. The maximum absolute atomic E-state index is 14.2. The molecule has 1 aromatic rings. The van der Waals surface area contributed by atoms with Crippen LogP contribution in [0.4, 0.5) is 57.1 Å². The Morgan fingerprint density at radius 3 is 1.52 bits per heavy atom. The smallest absolute Gasteiger partial charge is 0.460 e. The maximum atomic E-state index is 14.2. The fraction of sp³-hybridized carbons (Fsp3) is 0.588. The van der Waals surface area contributed by atoms with Crippen molar-refractivity contribution in [2.75, 3.05) is 7.11 Å². The van der Waals surface area contributed by atoms with Crippen LogP contribution in [-0.4, -0.2) is 54.0 Å². The molecule has 0 fully saturated rings. The molecular formula is C17H13F13O3. The second kappa shape index (κ2) is 8.51. The highest BCUT2D eigenvalue weighted by Crippen LogP contribution is 2.61. The van der Waals surface area contributed by atoms with Crippen LogP contribution >= 0.6 is 0 Å². The van der Waals surface area contributed by atoms with Gasteiger partial charge in [0.05, 0.1) is 24.7 Å². The number of halogens is 13. The highest BCUT2D eigenvalue weighted by atomic mass is 19.4. The van der Waals surface area contributed by atoms with Crippen molar-refractivity contribution in [2.24, 2.45) is 5.92 Å². The fourth-order valence-corrected chi connectivity index (χ4v) is 2.49. The van der Waals surface area contributed by atoms with Gasteiger partial charge in [-0.1, -0.05) is 19.1 Å². The molecule has 2 atom stereocenters. The third kappa shape index (κ3) is 4.33. The van der Waals surface area contributed by atoms with E-state index in [1.54, 1.807) is 0 Å². The van der Waals surface area contributed by atoms with E-state index in [0.29, 0.717) is 12.1 Å². The summed E-state index contributed by atoms with van der Waals surface area (Å²) >= 11 is 0. The maximum Gasteiger partial charge on any atom is 0.460 e. The molecule has 2 unspecified atom stereocenters. The summed E-state index contributed by atoms with van der Waals surface area (Å²) in [5.74, 6) is -42.2. The lowest BCUT2D eigenvalue weighted by Gasteiger charge is -2.42. The van der Waals surface area contributed by atoms with E-state index in [0.717, 1.165) is 19.2 Å². The summed E-state index contributed by atoms with van der Waals surface area (Å²) < 4.78 is 176. The predicted molar refractivity (Wildman–Crippen MR) is 82.7 cm³/mol. The molecule has 0 amide bonds. The fourth-order valence-electron chi connectivity index (χ4n) is 2.49. The van der Waals surface area contributed by atoms with Crippen molar-refractivity contribution >= 4 is 5.97 Å². The number of carbonyl (C=O) groups excluding carboxylic acids is 1. The van der Waals surface area contributed by atoms with E-state index in [2.05, 4.69) is 4.74 Å². The molecular weight excluding hydrogens is 499 g/mol. The molecule has 0 saturated carbocycles. The Labute approximate surface area is 176 Å². The molecule has 0 bridgehead atoms. The van der Waals surface area contributed by atoms with Crippen molar-refractivity contribution in [1.82, 2.24) is 0 Å². The van der Waals surface area contributed by atoms with Gasteiger partial charge in [-0.3, -0.25) is 0 Å². The molecule has 16 heteroatoms. The summed E-state index contributed by atoms with van der Waals surface area (Å²) in [5, 5.41) is 9.84. The Hall–Kier alpha value is -2.26. The summed E-state index contributed by atoms with van der Waals surface area (Å²) in [6.45, 7) is -0.0665. The van der Waals surface area contributed by atoms with Gasteiger partial charge in [-0.15, -0.1) is 0 Å². The SMILES string of the molecule is COC(=O)c1ccc(C(O)C(C)C(F)(F)C(F)(F)C(F)(F)C(F)(F)C(F)(F)C(F)(F)F)cc1. The number of benzene rings is 1. The van der Waals surface area contributed by atoms with Gasteiger partial charge in [-0.25, -0.2) is 4.79 Å². The Balaban J connectivity index is 3.42. The first-order chi connectivity index (χ1) is 14.5. The minimum absolute atomic E-state index is 0.0665. The molecule has 0 radical (unpaired) electrons. The van der Waals surface area contributed by atoms with Crippen LogP contribution in [-0.2, 0) is 4.74 Å². The molecule has 3 nitrogen and oxygen atoms in total. The normalized spacial score (nSPS) is 16.4. The third-order valence-corrected chi connectivity index (χ3v) is 4.68. The standard InChI is InChI=1S/C17H13F13O3/c1-7(10(31)8-3-5-9(6-4-8)11(32)33-2)12(18,19)13(20,21)14(22,23)15(24,25)16(26,27)17(28,29)30/h3-7,10,31H,1-2H3. The van der Waals surface area contributed by atoms with Gasteiger partial charge < -0.3 is 9.84 Å². The highest BCUT2D eigenvalue weighted by molar-refractivity contribution is 5.89. The Kier molecular flexibility index (Phi) is 7.42. The number of aliphatic hydroxyl groups is 1. The van der Waals surface area contributed by atoms with E-state index >= 15 is 0 Å². The second-order valence-electron chi connectivity index (χ2n) is 6.77. The Morgan fingerprint density at radius 2 is 1.15 bits per heavy atom. The zero-order chi connectivity index (χ0) is 26.4. The number of ether oxygens (including phenoxy) is 1. The van der Waals surface area contributed by atoms with Crippen LogP contribution < -0.4 is 0 Å². The average Bonchev–Trinajstić information content (AvgIpc) is 2.70. The molecule has 0 heterocycles. The monoisotopic (exact) mass is 512 g/mol. The van der Waals surface area contributed by atoms with Gasteiger partial charge in [0.2, 0.25) is 0 Å². The molecule has 0 aliphatic rings. The van der Waals surface area contributed by atoms with Crippen LogP contribution in [0.2, 0.25) is 0 Å². The lowest BCUT2D eigenvalue weighted by molar-refractivity contribution is -0.444. The van der Waals surface area contributed by atoms with Crippen LogP contribution in [0.15, 0.2) is 24.3 Å². The number of hydrogen-bond acceptors (Lipinski definition) is 3. The van der Waals surface area contributed by atoms with E-state index in [1.165, 1.54) is 0 Å². The number of carbonyl (C=O) groups is 1. The zero-order valence-electron chi connectivity index (χ0n) is 16.1. The number of esters is 1. The van der Waals surface area contributed by atoms with Crippen molar-refractivity contribution in [3.63, 3.8) is 0 Å². The third-order valence-electron chi connectivity index (χ3n) is 4.68. The van der Waals surface area contributed by atoms with E-state index in [-0.39, 0.29) is 12.5 Å². The first kappa shape index (κ1) is 28.8. The lowest BCUT2D eigenvalue weighted by Crippen LogP contribution is -2.71. The van der Waals surface area contributed by atoms with Crippen LogP contribution in [0.5, 0.6) is 0 Å².